The van der Waals surface area contributed by atoms with Gasteiger partial charge in [0.25, 0.3) is 0 Å². The number of fused-ring (bicyclic) bond motifs is 1. The molecule has 0 saturated carbocycles. The molecule has 0 heterocycles. The van der Waals surface area contributed by atoms with E-state index in [-0.39, 0.29) is 40.4 Å². The summed E-state index contributed by atoms with van der Waals surface area (Å²) in [6.45, 7) is 12.4. The van der Waals surface area contributed by atoms with Gasteiger partial charge < -0.3 is 4.55 Å². The topological polar surface area (TPSA) is 57.2 Å². The van der Waals surface area contributed by atoms with E-state index in [4.69, 9.17) is 0 Å². The molecule has 0 amide bonds. The van der Waals surface area contributed by atoms with Gasteiger partial charge in [-0.25, -0.2) is 8.42 Å². The van der Waals surface area contributed by atoms with Crippen LogP contribution < -0.4 is 29.6 Å². The Morgan fingerprint density at radius 1 is 0.833 bits per heavy atom. The minimum atomic E-state index is -4.48. The van der Waals surface area contributed by atoms with Crippen molar-refractivity contribution in [1.82, 2.24) is 0 Å². The molecule has 0 fully saturated rings. The average Bonchev–Trinajstić information content (AvgIpc) is 2.42. The predicted molar refractivity (Wildman–Crippen MR) is 94.2 cm³/mol. The molecule has 0 radical (unpaired) electrons. The minimum absolute atomic E-state index is 0. The molecule has 5 heteroatoms. The Morgan fingerprint density at radius 3 is 1.75 bits per heavy atom. The molecule has 24 heavy (non-hydrogen) atoms. The maximum absolute atomic E-state index is 11.6. The summed E-state index contributed by atoms with van der Waals surface area (Å²) in [5.41, 5.74) is 3.13. The first-order valence-electron chi connectivity index (χ1n) is 8.10. The Labute approximate surface area is 167 Å². The van der Waals surface area contributed by atoms with E-state index in [0.717, 1.165) is 10.8 Å². The molecule has 2 aromatic rings. The fraction of sp³-hybridized carbons (Fsp3) is 0.474. The van der Waals surface area contributed by atoms with Gasteiger partial charge in [0.15, 0.2) is 0 Å². The van der Waals surface area contributed by atoms with Gasteiger partial charge in [-0.2, -0.15) is 0 Å². The van der Waals surface area contributed by atoms with Gasteiger partial charge in [-0.3, -0.25) is 0 Å². The van der Waals surface area contributed by atoms with Crippen LogP contribution >= 0.6 is 0 Å². The van der Waals surface area contributed by atoms with Crippen molar-refractivity contribution in [2.24, 2.45) is 0 Å². The second-order valence-corrected chi connectivity index (χ2v) is 8.45. The Hall–Kier alpha value is -0.390. The molecule has 0 unspecified atom stereocenters. The van der Waals surface area contributed by atoms with Crippen molar-refractivity contribution in [2.75, 3.05) is 0 Å². The van der Waals surface area contributed by atoms with Crippen LogP contribution in [0.25, 0.3) is 10.8 Å². The van der Waals surface area contributed by atoms with Crippen molar-refractivity contribution in [2.45, 2.75) is 64.2 Å². The van der Waals surface area contributed by atoms with E-state index in [2.05, 4.69) is 39.8 Å². The molecular formula is C19H25NaO3S. The molecule has 3 nitrogen and oxygen atoms in total. The van der Waals surface area contributed by atoms with E-state index in [1.807, 2.05) is 13.8 Å². The minimum Gasteiger partial charge on any atom is -0.744 e. The zero-order chi connectivity index (χ0) is 17.5. The summed E-state index contributed by atoms with van der Waals surface area (Å²) < 4.78 is 34.9. The molecule has 0 aliphatic rings. The third kappa shape index (κ3) is 4.23. The molecule has 0 spiro atoms. The average molecular weight is 356 g/mol. The SMILES string of the molecule is CC(C)c1cc2ccc(S(=O)(=O)[O-])c(C(C)C)c2cc1C(C)C.[Na+]. The third-order valence-corrected chi connectivity index (χ3v) is 5.21. The number of benzene rings is 2. The molecule has 0 atom stereocenters. The van der Waals surface area contributed by atoms with Crippen LogP contribution in [-0.2, 0) is 10.1 Å². The zero-order valence-electron chi connectivity index (χ0n) is 15.7. The predicted octanol–water partition coefficient (Wildman–Crippen LogP) is 2.12. The maximum atomic E-state index is 11.6. The van der Waals surface area contributed by atoms with Gasteiger partial charge in [-0.15, -0.1) is 0 Å². The summed E-state index contributed by atoms with van der Waals surface area (Å²) >= 11 is 0. The molecule has 0 bridgehead atoms. The van der Waals surface area contributed by atoms with Gasteiger partial charge in [0.2, 0.25) is 0 Å². The second kappa shape index (κ2) is 7.88. The first-order chi connectivity index (χ1) is 10.5. The van der Waals surface area contributed by atoms with Crippen molar-refractivity contribution in [3.05, 3.63) is 41.0 Å². The first-order valence-corrected chi connectivity index (χ1v) is 9.51. The molecule has 2 aromatic carbocycles. The number of hydrogen-bond acceptors (Lipinski definition) is 3. The molecule has 0 N–H and O–H groups in total. The van der Waals surface area contributed by atoms with Gasteiger partial charge in [0.05, 0.1) is 4.90 Å². The molecule has 0 aliphatic carbocycles. The normalized spacial score (nSPS) is 12.2. The molecular weight excluding hydrogens is 331 g/mol. The van der Waals surface area contributed by atoms with E-state index in [1.54, 1.807) is 6.07 Å². The van der Waals surface area contributed by atoms with Crippen molar-refractivity contribution in [3.8, 4) is 0 Å². The summed E-state index contributed by atoms with van der Waals surface area (Å²) in [5, 5.41) is 1.87. The first kappa shape index (κ1) is 21.7. The van der Waals surface area contributed by atoms with Crippen LogP contribution in [0.15, 0.2) is 29.2 Å². The summed E-state index contributed by atoms with van der Waals surface area (Å²) in [6, 6.07) is 7.43. The van der Waals surface area contributed by atoms with Crippen molar-refractivity contribution in [1.29, 1.82) is 0 Å². The second-order valence-electron chi connectivity index (χ2n) is 7.10. The Morgan fingerprint density at radius 2 is 1.33 bits per heavy atom. The van der Waals surface area contributed by atoms with Crippen LogP contribution in [0.4, 0.5) is 0 Å². The summed E-state index contributed by atoms with van der Waals surface area (Å²) in [7, 11) is -4.48. The number of rotatable bonds is 4. The van der Waals surface area contributed by atoms with Gasteiger partial charge in [0, 0.05) is 0 Å². The van der Waals surface area contributed by atoms with Crippen molar-refractivity contribution < 1.29 is 42.5 Å². The molecule has 0 aromatic heterocycles. The molecule has 2 rings (SSSR count). The van der Waals surface area contributed by atoms with Crippen LogP contribution in [0.1, 0.15) is 76.0 Å². The smallest absolute Gasteiger partial charge is 0.744 e. The van der Waals surface area contributed by atoms with E-state index < -0.39 is 10.1 Å². The van der Waals surface area contributed by atoms with E-state index in [0.29, 0.717) is 17.4 Å². The zero-order valence-corrected chi connectivity index (χ0v) is 18.5. The van der Waals surface area contributed by atoms with Crippen LogP contribution in [-0.4, -0.2) is 13.0 Å². The quantitative estimate of drug-likeness (QED) is 0.623. The van der Waals surface area contributed by atoms with Crippen LogP contribution in [0.5, 0.6) is 0 Å². The van der Waals surface area contributed by atoms with E-state index in [9.17, 15) is 13.0 Å². The standard InChI is InChI=1S/C19H26O3S.Na/c1-11(2)15-9-14-7-8-18(23(20,21)22)19(13(5)6)17(14)10-16(15)12(3)4;/h7-13H,1-6H3,(H,20,21,22);/q;+1/p-1. The van der Waals surface area contributed by atoms with Gasteiger partial charge in [-0.1, -0.05) is 59.7 Å². The van der Waals surface area contributed by atoms with Crippen molar-refractivity contribution in [3.63, 3.8) is 0 Å². The summed E-state index contributed by atoms with van der Waals surface area (Å²) in [4.78, 5) is -0.0907. The summed E-state index contributed by atoms with van der Waals surface area (Å²) in [6.07, 6.45) is 0. The van der Waals surface area contributed by atoms with Crippen LogP contribution in [0.3, 0.4) is 0 Å². The van der Waals surface area contributed by atoms with Gasteiger partial charge in [-0.05, 0) is 51.3 Å². The Balaban J connectivity index is 0.00000288. The fourth-order valence-corrected chi connectivity index (χ4v) is 4.07. The maximum Gasteiger partial charge on any atom is 1.00 e. The Bertz CT molecular complexity index is 837. The van der Waals surface area contributed by atoms with Gasteiger partial charge in [0.1, 0.15) is 10.1 Å². The van der Waals surface area contributed by atoms with E-state index >= 15 is 0 Å². The summed E-state index contributed by atoms with van der Waals surface area (Å²) in [5.74, 6) is 0.689. The van der Waals surface area contributed by atoms with Crippen LogP contribution in [0.2, 0.25) is 0 Å². The Kier molecular flexibility index (Phi) is 7.11. The fourth-order valence-electron chi connectivity index (χ4n) is 3.22. The van der Waals surface area contributed by atoms with Crippen molar-refractivity contribution >= 4 is 20.9 Å². The monoisotopic (exact) mass is 356 g/mol. The molecule has 126 valence electrons. The molecule has 0 aliphatic heterocycles. The van der Waals surface area contributed by atoms with Crippen LogP contribution in [0, 0.1) is 0 Å². The third-order valence-electron chi connectivity index (χ3n) is 4.32. The van der Waals surface area contributed by atoms with E-state index in [1.165, 1.54) is 17.2 Å². The van der Waals surface area contributed by atoms with Gasteiger partial charge >= 0.3 is 29.6 Å². The molecule has 0 saturated heterocycles. The largest absolute Gasteiger partial charge is 1.00 e. The number of hydrogen-bond donors (Lipinski definition) is 0.